The fraction of sp³-hybridized carbons (Fsp3) is 0.0400. The van der Waals surface area contributed by atoms with Gasteiger partial charge in [0.25, 0.3) is 0 Å². The van der Waals surface area contributed by atoms with Gasteiger partial charge < -0.3 is 9.32 Å². The lowest BCUT2D eigenvalue weighted by Gasteiger charge is -2.20. The Bertz CT molecular complexity index is 1240. The van der Waals surface area contributed by atoms with Crippen molar-refractivity contribution in [3.63, 3.8) is 0 Å². The first kappa shape index (κ1) is 15.7. The lowest BCUT2D eigenvalue weighted by molar-refractivity contribution is 0.669. The van der Waals surface area contributed by atoms with Gasteiger partial charge in [-0.2, -0.15) is 0 Å². The molecule has 0 saturated heterocycles. The van der Waals surface area contributed by atoms with Crippen LogP contribution < -0.4 is 4.90 Å². The van der Waals surface area contributed by atoms with Crippen LogP contribution in [0.25, 0.3) is 33.1 Å². The lowest BCUT2D eigenvalue weighted by Crippen LogP contribution is -2.09. The van der Waals surface area contributed by atoms with Gasteiger partial charge in [0.15, 0.2) is 0 Å². The molecule has 5 rings (SSSR count). The van der Waals surface area contributed by atoms with Crippen molar-refractivity contribution in [1.29, 1.82) is 0 Å². The molecule has 0 atom stereocenters. The van der Waals surface area contributed by atoms with Crippen LogP contribution in [0.4, 0.5) is 11.4 Å². The van der Waals surface area contributed by atoms with E-state index in [1.807, 2.05) is 24.3 Å². The first-order valence-corrected chi connectivity index (χ1v) is 9.10. The summed E-state index contributed by atoms with van der Waals surface area (Å²) in [6.45, 7) is 0. The molecular formula is C25H19NO. The van der Waals surface area contributed by atoms with Crippen molar-refractivity contribution in [2.75, 3.05) is 11.9 Å². The number of benzene rings is 4. The standard InChI is InChI=1S/C25H19NO/c1-26(20-11-7-10-19(16-20)18-8-3-2-4-9-18)21-14-15-23-22-12-5-6-13-24(22)27-25(23)17-21/h2-17H,1H3. The van der Waals surface area contributed by atoms with Gasteiger partial charge in [-0.15, -0.1) is 0 Å². The van der Waals surface area contributed by atoms with Gasteiger partial charge in [-0.25, -0.2) is 0 Å². The largest absolute Gasteiger partial charge is 0.456 e. The third-order valence-corrected chi connectivity index (χ3v) is 5.09. The molecule has 0 bridgehead atoms. The summed E-state index contributed by atoms with van der Waals surface area (Å²) in [6, 6.07) is 33.7. The van der Waals surface area contributed by atoms with Crippen molar-refractivity contribution in [3.05, 3.63) is 97.1 Å². The van der Waals surface area contributed by atoms with Gasteiger partial charge in [-0.1, -0.05) is 60.7 Å². The van der Waals surface area contributed by atoms with Crippen LogP contribution in [0.5, 0.6) is 0 Å². The van der Waals surface area contributed by atoms with E-state index in [2.05, 4.69) is 84.7 Å². The highest BCUT2D eigenvalue weighted by molar-refractivity contribution is 6.05. The Morgan fingerprint density at radius 3 is 2.15 bits per heavy atom. The summed E-state index contributed by atoms with van der Waals surface area (Å²) in [7, 11) is 2.09. The second-order valence-corrected chi connectivity index (χ2v) is 6.75. The molecule has 0 spiro atoms. The van der Waals surface area contributed by atoms with E-state index in [1.165, 1.54) is 11.1 Å². The number of fused-ring (bicyclic) bond motifs is 3. The molecule has 1 heterocycles. The zero-order valence-corrected chi connectivity index (χ0v) is 15.1. The molecule has 1 aromatic heterocycles. The molecule has 0 aliphatic rings. The summed E-state index contributed by atoms with van der Waals surface area (Å²) in [5.74, 6) is 0. The zero-order chi connectivity index (χ0) is 18.2. The Hall–Kier alpha value is -3.52. The van der Waals surface area contributed by atoms with Gasteiger partial charge in [0.05, 0.1) is 0 Å². The van der Waals surface area contributed by atoms with Crippen LogP contribution >= 0.6 is 0 Å². The number of hydrogen-bond acceptors (Lipinski definition) is 2. The summed E-state index contributed by atoms with van der Waals surface area (Å²) in [6.07, 6.45) is 0. The molecule has 0 fully saturated rings. The summed E-state index contributed by atoms with van der Waals surface area (Å²) in [4.78, 5) is 2.19. The maximum atomic E-state index is 6.05. The molecule has 0 amide bonds. The molecule has 0 saturated carbocycles. The number of nitrogens with zero attached hydrogens (tertiary/aromatic N) is 1. The van der Waals surface area contributed by atoms with Crippen LogP contribution in [0.2, 0.25) is 0 Å². The van der Waals surface area contributed by atoms with Crippen LogP contribution in [-0.2, 0) is 0 Å². The number of hydrogen-bond donors (Lipinski definition) is 0. The van der Waals surface area contributed by atoms with E-state index in [0.717, 1.165) is 33.3 Å². The fourth-order valence-electron chi connectivity index (χ4n) is 3.60. The minimum Gasteiger partial charge on any atom is -0.456 e. The first-order valence-electron chi connectivity index (χ1n) is 9.10. The zero-order valence-electron chi connectivity index (χ0n) is 15.1. The van der Waals surface area contributed by atoms with Crippen molar-refractivity contribution < 1.29 is 4.42 Å². The van der Waals surface area contributed by atoms with E-state index < -0.39 is 0 Å². The number of furan rings is 1. The van der Waals surface area contributed by atoms with Gasteiger partial charge in [0.2, 0.25) is 0 Å². The Labute approximate surface area is 158 Å². The van der Waals surface area contributed by atoms with Crippen LogP contribution in [-0.4, -0.2) is 7.05 Å². The molecule has 0 unspecified atom stereocenters. The maximum Gasteiger partial charge on any atom is 0.137 e. The second kappa shape index (κ2) is 6.33. The van der Waals surface area contributed by atoms with Crippen LogP contribution in [0, 0.1) is 0 Å². The smallest absolute Gasteiger partial charge is 0.137 e. The highest BCUT2D eigenvalue weighted by Crippen LogP contribution is 2.34. The minimum absolute atomic E-state index is 0.916. The topological polar surface area (TPSA) is 16.4 Å². The average molecular weight is 349 g/mol. The summed E-state index contributed by atoms with van der Waals surface area (Å²) < 4.78 is 6.05. The van der Waals surface area contributed by atoms with Crippen LogP contribution in [0.1, 0.15) is 0 Å². The molecule has 0 aliphatic heterocycles. The van der Waals surface area contributed by atoms with E-state index in [9.17, 15) is 0 Å². The molecule has 0 radical (unpaired) electrons. The Morgan fingerprint density at radius 2 is 1.26 bits per heavy atom. The van der Waals surface area contributed by atoms with Crippen LogP contribution in [0.15, 0.2) is 101 Å². The molecule has 27 heavy (non-hydrogen) atoms. The van der Waals surface area contributed by atoms with E-state index in [-0.39, 0.29) is 0 Å². The number of anilines is 2. The lowest BCUT2D eigenvalue weighted by atomic mass is 10.0. The molecule has 0 aliphatic carbocycles. The molecule has 2 nitrogen and oxygen atoms in total. The van der Waals surface area contributed by atoms with Crippen molar-refractivity contribution in [1.82, 2.24) is 0 Å². The van der Waals surface area contributed by atoms with E-state index in [4.69, 9.17) is 4.42 Å². The Morgan fingerprint density at radius 1 is 0.556 bits per heavy atom. The van der Waals surface area contributed by atoms with E-state index in [0.29, 0.717) is 0 Å². The van der Waals surface area contributed by atoms with Gasteiger partial charge >= 0.3 is 0 Å². The third kappa shape index (κ3) is 2.76. The predicted octanol–water partition coefficient (Wildman–Crippen LogP) is 7.02. The molecule has 0 N–H and O–H groups in total. The van der Waals surface area contributed by atoms with Gasteiger partial charge in [-0.05, 0) is 41.5 Å². The van der Waals surface area contributed by atoms with Crippen molar-refractivity contribution in [3.8, 4) is 11.1 Å². The SMILES string of the molecule is CN(c1cccc(-c2ccccc2)c1)c1ccc2c(c1)oc1ccccc12. The Kier molecular flexibility index (Phi) is 3.68. The number of rotatable bonds is 3. The molecular weight excluding hydrogens is 330 g/mol. The van der Waals surface area contributed by atoms with E-state index >= 15 is 0 Å². The van der Waals surface area contributed by atoms with Crippen molar-refractivity contribution in [2.45, 2.75) is 0 Å². The van der Waals surface area contributed by atoms with Gasteiger partial charge in [-0.3, -0.25) is 0 Å². The minimum atomic E-state index is 0.916. The molecule has 5 aromatic rings. The molecule has 130 valence electrons. The van der Waals surface area contributed by atoms with Gasteiger partial charge in [0, 0.05) is 35.3 Å². The van der Waals surface area contributed by atoms with Crippen molar-refractivity contribution >= 4 is 33.3 Å². The van der Waals surface area contributed by atoms with Crippen molar-refractivity contribution in [2.24, 2.45) is 0 Å². The third-order valence-electron chi connectivity index (χ3n) is 5.09. The summed E-state index contributed by atoms with van der Waals surface area (Å²) in [5.41, 5.74) is 6.53. The Balaban J connectivity index is 1.55. The number of para-hydroxylation sites is 1. The van der Waals surface area contributed by atoms with Gasteiger partial charge in [0.1, 0.15) is 11.2 Å². The monoisotopic (exact) mass is 349 g/mol. The van der Waals surface area contributed by atoms with Crippen LogP contribution in [0.3, 0.4) is 0 Å². The highest BCUT2D eigenvalue weighted by atomic mass is 16.3. The predicted molar refractivity (Wildman–Crippen MR) is 114 cm³/mol. The fourth-order valence-corrected chi connectivity index (χ4v) is 3.60. The molecule has 2 heteroatoms. The molecule has 4 aromatic carbocycles. The summed E-state index contributed by atoms with van der Waals surface area (Å²) >= 11 is 0. The average Bonchev–Trinajstić information content (AvgIpc) is 3.12. The normalized spacial score (nSPS) is 11.1. The second-order valence-electron chi connectivity index (χ2n) is 6.75. The highest BCUT2D eigenvalue weighted by Gasteiger charge is 2.10. The first-order chi connectivity index (χ1) is 13.3. The van der Waals surface area contributed by atoms with E-state index in [1.54, 1.807) is 0 Å². The summed E-state index contributed by atoms with van der Waals surface area (Å²) in [5, 5.41) is 2.31. The quantitative estimate of drug-likeness (QED) is 0.348. The maximum absolute atomic E-state index is 6.05.